The minimum absolute atomic E-state index is 0. The third kappa shape index (κ3) is 3.94. The van der Waals surface area contributed by atoms with E-state index in [-0.39, 0.29) is 22.7 Å². The van der Waals surface area contributed by atoms with Gasteiger partial charge in [-0.15, -0.1) is 34.0 Å². The Bertz CT molecular complexity index is 823. The molecule has 3 heterocycles. The maximum Gasteiger partial charge on any atom is 0.194 e. The van der Waals surface area contributed by atoms with Crippen LogP contribution in [0.3, 0.4) is 0 Å². The van der Waals surface area contributed by atoms with Crippen molar-refractivity contribution in [3.05, 3.63) is 44.4 Å². The van der Waals surface area contributed by atoms with Crippen LogP contribution in [0, 0.1) is 0 Å². The number of hydrogen-bond donors (Lipinski definition) is 0. The van der Waals surface area contributed by atoms with Crippen LogP contribution in [-0.2, 0) is 15.6 Å². The molecule has 0 radical (unpaired) electrons. The molecule has 0 unspecified atom stereocenters. The Morgan fingerprint density at radius 3 is 2.62 bits per heavy atom. The zero-order valence-corrected chi connectivity index (χ0v) is 15.9. The molecule has 0 amide bonds. The molecule has 0 saturated heterocycles. The van der Waals surface area contributed by atoms with Gasteiger partial charge in [-0.2, -0.15) is 0 Å². The molecule has 112 valence electrons. The molecule has 0 bridgehead atoms. The van der Waals surface area contributed by atoms with Crippen molar-refractivity contribution in [2.45, 2.75) is 9.96 Å². The summed E-state index contributed by atoms with van der Waals surface area (Å²) in [6.07, 6.45) is 0. The first-order chi connectivity index (χ1) is 9.54. The molecule has 3 nitrogen and oxygen atoms in total. The van der Waals surface area contributed by atoms with Crippen molar-refractivity contribution >= 4 is 55.4 Å². The van der Waals surface area contributed by atoms with Gasteiger partial charge < -0.3 is 17.0 Å². The van der Waals surface area contributed by atoms with E-state index in [1.807, 2.05) is 17.5 Å². The Kier molecular flexibility index (Phi) is 5.61. The van der Waals surface area contributed by atoms with Crippen LogP contribution in [0.1, 0.15) is 5.01 Å². The summed E-state index contributed by atoms with van der Waals surface area (Å²) in [6.45, 7) is 0. The van der Waals surface area contributed by atoms with E-state index in [0.29, 0.717) is 13.6 Å². The molecule has 3 aromatic rings. The summed E-state index contributed by atoms with van der Waals surface area (Å²) in [5.41, 5.74) is 0.781. The number of thiazole rings is 1. The molecule has 0 aliphatic heterocycles. The highest BCUT2D eigenvalue weighted by Crippen LogP contribution is 2.32. The van der Waals surface area contributed by atoms with Gasteiger partial charge in [0.25, 0.3) is 0 Å². The summed E-state index contributed by atoms with van der Waals surface area (Å²) < 4.78 is 25.4. The zero-order valence-electron chi connectivity index (χ0n) is 10.3. The summed E-state index contributed by atoms with van der Waals surface area (Å²) in [5.74, 6) is -0.0582. The lowest BCUT2D eigenvalue weighted by Gasteiger charge is -1.97. The average molecular weight is 442 g/mol. The number of halogens is 2. The summed E-state index contributed by atoms with van der Waals surface area (Å²) in [5, 5.41) is 4.22. The van der Waals surface area contributed by atoms with Gasteiger partial charge in [0.15, 0.2) is 9.84 Å². The molecule has 0 aliphatic rings. The molecule has 0 fully saturated rings. The van der Waals surface area contributed by atoms with Gasteiger partial charge in [0.2, 0.25) is 0 Å². The second-order valence-corrected chi connectivity index (χ2v) is 9.74. The van der Waals surface area contributed by atoms with Gasteiger partial charge in [0.1, 0.15) is 15.0 Å². The van der Waals surface area contributed by atoms with Gasteiger partial charge in [0.05, 0.1) is 14.9 Å². The third-order valence-electron chi connectivity index (χ3n) is 2.49. The topological polar surface area (TPSA) is 47.0 Å². The van der Waals surface area contributed by atoms with Crippen molar-refractivity contribution in [3.63, 3.8) is 0 Å². The quantitative estimate of drug-likeness (QED) is 0.617. The third-order valence-corrected chi connectivity index (χ3v) is 7.89. The number of nitrogens with zero attached hydrogens (tertiary/aromatic N) is 1. The normalized spacial score (nSPS) is 11.3. The van der Waals surface area contributed by atoms with Gasteiger partial charge in [-0.3, -0.25) is 0 Å². The molecule has 0 aromatic carbocycles. The Labute approximate surface area is 149 Å². The van der Waals surface area contributed by atoms with Gasteiger partial charge in [-0.25, -0.2) is 13.4 Å². The smallest absolute Gasteiger partial charge is 0.194 e. The number of thiophene rings is 2. The second-order valence-electron chi connectivity index (χ2n) is 3.92. The standard InChI is InChI=1S/C12H8ClNO2S4.BrH/c13-10-4-3-9(19-10)8-6-18-11(14-8)7-20(15,16)12-2-1-5-17-12;/h1-6H,7H2;1H/p-1. The molecule has 3 aromatic heterocycles. The number of rotatable bonds is 4. The summed E-state index contributed by atoms with van der Waals surface area (Å²) in [4.78, 5) is 5.33. The van der Waals surface area contributed by atoms with Crippen molar-refractivity contribution in [2.75, 3.05) is 0 Å². The highest BCUT2D eigenvalue weighted by molar-refractivity contribution is 7.92. The van der Waals surface area contributed by atoms with E-state index in [4.69, 9.17) is 11.6 Å². The molecular formula is C12H8BrClNO2S4-. The van der Waals surface area contributed by atoms with Crippen LogP contribution < -0.4 is 17.0 Å². The predicted molar refractivity (Wildman–Crippen MR) is 85.6 cm³/mol. The lowest BCUT2D eigenvalue weighted by molar-refractivity contribution is -0.00000624. The highest BCUT2D eigenvalue weighted by Gasteiger charge is 2.19. The van der Waals surface area contributed by atoms with Gasteiger partial charge >= 0.3 is 0 Å². The fraction of sp³-hybridized carbons (Fsp3) is 0.0833. The minimum Gasteiger partial charge on any atom is -1.00 e. The van der Waals surface area contributed by atoms with E-state index in [1.54, 1.807) is 17.5 Å². The molecule has 0 atom stereocenters. The predicted octanol–water partition coefficient (Wildman–Crippen LogP) is 1.56. The van der Waals surface area contributed by atoms with Crippen molar-refractivity contribution in [1.29, 1.82) is 0 Å². The lowest BCUT2D eigenvalue weighted by atomic mass is 10.4. The van der Waals surface area contributed by atoms with E-state index in [1.165, 1.54) is 34.0 Å². The Balaban J connectivity index is 0.00000161. The number of sulfone groups is 1. The number of aromatic nitrogens is 1. The number of hydrogen-bond acceptors (Lipinski definition) is 6. The van der Waals surface area contributed by atoms with Crippen LogP contribution in [0.4, 0.5) is 0 Å². The molecular weight excluding hydrogens is 434 g/mol. The van der Waals surface area contributed by atoms with Crippen LogP contribution >= 0.6 is 45.6 Å². The van der Waals surface area contributed by atoms with Crippen LogP contribution in [0.15, 0.2) is 39.2 Å². The van der Waals surface area contributed by atoms with Gasteiger partial charge in [-0.1, -0.05) is 17.7 Å². The van der Waals surface area contributed by atoms with E-state index < -0.39 is 9.84 Å². The average Bonchev–Trinajstić information content (AvgIpc) is 3.07. The van der Waals surface area contributed by atoms with Crippen LogP contribution in [0.25, 0.3) is 10.6 Å². The van der Waals surface area contributed by atoms with Crippen LogP contribution in [0.2, 0.25) is 4.34 Å². The molecule has 3 rings (SSSR count). The van der Waals surface area contributed by atoms with E-state index in [2.05, 4.69) is 4.98 Å². The Morgan fingerprint density at radius 2 is 2.00 bits per heavy atom. The maximum absolute atomic E-state index is 12.2. The van der Waals surface area contributed by atoms with Crippen LogP contribution in [-0.4, -0.2) is 13.4 Å². The van der Waals surface area contributed by atoms with E-state index in [9.17, 15) is 8.42 Å². The fourth-order valence-corrected chi connectivity index (χ4v) is 6.21. The highest BCUT2D eigenvalue weighted by atomic mass is 79.9. The van der Waals surface area contributed by atoms with Crippen molar-refractivity contribution in [1.82, 2.24) is 4.98 Å². The first kappa shape index (κ1) is 17.1. The van der Waals surface area contributed by atoms with E-state index >= 15 is 0 Å². The maximum atomic E-state index is 12.2. The van der Waals surface area contributed by atoms with Crippen molar-refractivity contribution < 1.29 is 25.4 Å². The van der Waals surface area contributed by atoms with Crippen LogP contribution in [0.5, 0.6) is 0 Å². The fourth-order valence-electron chi connectivity index (χ4n) is 1.62. The van der Waals surface area contributed by atoms with Crippen molar-refractivity contribution in [2.24, 2.45) is 0 Å². The molecule has 0 N–H and O–H groups in total. The summed E-state index contributed by atoms with van der Waals surface area (Å²) in [7, 11) is -3.29. The van der Waals surface area contributed by atoms with E-state index in [0.717, 1.165) is 10.6 Å². The first-order valence-electron chi connectivity index (χ1n) is 5.51. The Hall–Kier alpha value is -0.250. The molecule has 0 spiro atoms. The largest absolute Gasteiger partial charge is 1.00 e. The lowest BCUT2D eigenvalue weighted by Crippen LogP contribution is -3.00. The monoisotopic (exact) mass is 440 g/mol. The molecule has 21 heavy (non-hydrogen) atoms. The zero-order chi connectivity index (χ0) is 14.2. The molecule has 0 aliphatic carbocycles. The molecule has 9 heteroatoms. The van der Waals surface area contributed by atoms with Crippen molar-refractivity contribution in [3.8, 4) is 10.6 Å². The summed E-state index contributed by atoms with van der Waals surface area (Å²) >= 11 is 9.91. The second kappa shape index (κ2) is 6.89. The Morgan fingerprint density at radius 1 is 1.19 bits per heavy atom. The molecule has 0 saturated carbocycles. The summed E-state index contributed by atoms with van der Waals surface area (Å²) in [6, 6.07) is 7.05. The SMILES string of the molecule is O=S(=O)(Cc1nc(-c2ccc(Cl)s2)cs1)c1cccs1.[Br-]. The van der Waals surface area contributed by atoms with Gasteiger partial charge in [0, 0.05) is 5.38 Å². The van der Waals surface area contributed by atoms with Gasteiger partial charge in [-0.05, 0) is 23.6 Å². The minimum atomic E-state index is -3.29. The first-order valence-corrected chi connectivity index (χ1v) is 10.1.